The number of nitrogens with zero attached hydrogens (tertiary/aromatic N) is 2. The Labute approximate surface area is 180 Å². The van der Waals surface area contributed by atoms with Crippen molar-refractivity contribution in [3.05, 3.63) is 118 Å². The van der Waals surface area contributed by atoms with Gasteiger partial charge in [0.15, 0.2) is 5.75 Å². The summed E-state index contributed by atoms with van der Waals surface area (Å²) < 4.78 is 9.43. The van der Waals surface area contributed by atoms with Crippen molar-refractivity contribution < 1.29 is 9.53 Å². The third-order valence-electron chi connectivity index (χ3n) is 5.00. The maximum Gasteiger partial charge on any atom is 0.251 e. The second-order valence-electron chi connectivity index (χ2n) is 7.20. The number of pyridine rings is 1. The lowest BCUT2D eigenvalue weighted by atomic mass is 10.2. The second kappa shape index (κ2) is 9.17. The third-order valence-corrected chi connectivity index (χ3v) is 5.00. The number of amides is 1. The lowest BCUT2D eigenvalue weighted by molar-refractivity contribution is 0.0950. The molecule has 0 saturated heterocycles. The molecular weight excluding hydrogens is 390 g/mol. The summed E-state index contributed by atoms with van der Waals surface area (Å²) in [5, 5.41) is 2.87. The van der Waals surface area contributed by atoms with Gasteiger partial charge in [0.2, 0.25) is 5.43 Å². The van der Waals surface area contributed by atoms with Gasteiger partial charge in [-0.1, -0.05) is 30.3 Å². The van der Waals surface area contributed by atoms with Gasteiger partial charge in [-0.05, 0) is 42.0 Å². The van der Waals surface area contributed by atoms with Gasteiger partial charge in [0, 0.05) is 42.5 Å². The van der Waals surface area contributed by atoms with Crippen LogP contribution in [-0.4, -0.2) is 15.0 Å². The minimum atomic E-state index is -0.214. The molecule has 2 aromatic heterocycles. The number of hydrogen-bond acceptors (Lipinski definition) is 3. The monoisotopic (exact) mass is 413 g/mol. The minimum absolute atomic E-state index is 0.198. The van der Waals surface area contributed by atoms with Crippen LogP contribution in [0, 0.1) is 0 Å². The predicted octanol–water partition coefficient (Wildman–Crippen LogP) is 3.69. The summed E-state index contributed by atoms with van der Waals surface area (Å²) >= 11 is 0. The molecule has 0 saturated carbocycles. The van der Waals surface area contributed by atoms with E-state index in [1.54, 1.807) is 22.9 Å². The highest BCUT2D eigenvalue weighted by Crippen LogP contribution is 2.11. The Bertz CT molecular complexity index is 1210. The highest BCUT2D eigenvalue weighted by atomic mass is 16.5. The van der Waals surface area contributed by atoms with Gasteiger partial charge in [-0.15, -0.1) is 0 Å². The first-order valence-electron chi connectivity index (χ1n) is 9.98. The number of aromatic nitrogens is 2. The average Bonchev–Trinajstić information content (AvgIpc) is 3.34. The van der Waals surface area contributed by atoms with Gasteiger partial charge in [-0.3, -0.25) is 9.59 Å². The second-order valence-corrected chi connectivity index (χ2v) is 7.20. The summed E-state index contributed by atoms with van der Waals surface area (Å²) in [5.41, 5.74) is 3.01. The molecule has 0 fully saturated rings. The Morgan fingerprint density at radius 2 is 1.68 bits per heavy atom. The first-order chi connectivity index (χ1) is 15.1. The van der Waals surface area contributed by atoms with E-state index in [2.05, 4.69) is 5.32 Å². The van der Waals surface area contributed by atoms with Gasteiger partial charge in [0.25, 0.3) is 5.91 Å². The summed E-state index contributed by atoms with van der Waals surface area (Å²) in [4.78, 5) is 24.9. The SMILES string of the molecule is Cn1cc(OCc2ccccc2)c(=O)cc1CNC(=O)c1ccc(-n2cccc2)cc1. The lowest BCUT2D eigenvalue weighted by Gasteiger charge is -2.13. The first-order valence-corrected chi connectivity index (χ1v) is 9.98. The number of carbonyl (C=O) groups is 1. The van der Waals surface area contributed by atoms with Crippen LogP contribution in [0.1, 0.15) is 21.6 Å². The van der Waals surface area contributed by atoms with Crippen LogP contribution in [0.4, 0.5) is 0 Å². The fourth-order valence-electron chi connectivity index (χ4n) is 3.23. The zero-order valence-corrected chi connectivity index (χ0v) is 17.2. The number of rotatable bonds is 7. The highest BCUT2D eigenvalue weighted by molar-refractivity contribution is 5.94. The largest absolute Gasteiger partial charge is 0.483 e. The third kappa shape index (κ3) is 4.93. The van der Waals surface area contributed by atoms with Gasteiger partial charge in [-0.25, -0.2) is 0 Å². The first kappa shape index (κ1) is 20.2. The molecule has 0 atom stereocenters. The van der Waals surface area contributed by atoms with Crippen LogP contribution in [0.25, 0.3) is 5.69 Å². The molecule has 0 radical (unpaired) electrons. The molecule has 0 bridgehead atoms. The molecule has 1 N–H and O–H groups in total. The Morgan fingerprint density at radius 3 is 2.39 bits per heavy atom. The summed E-state index contributed by atoms with van der Waals surface area (Å²) in [7, 11) is 1.82. The van der Waals surface area contributed by atoms with Crippen LogP contribution in [0.2, 0.25) is 0 Å². The number of benzene rings is 2. The van der Waals surface area contributed by atoms with Crippen LogP contribution in [-0.2, 0) is 20.2 Å². The lowest BCUT2D eigenvalue weighted by Crippen LogP contribution is -2.25. The summed E-state index contributed by atoms with van der Waals surface area (Å²) in [5.74, 6) is 0.0814. The van der Waals surface area contributed by atoms with E-state index in [0.29, 0.717) is 17.9 Å². The maximum atomic E-state index is 12.5. The topological polar surface area (TPSA) is 65.3 Å². The van der Waals surface area contributed by atoms with Gasteiger partial charge in [-0.2, -0.15) is 0 Å². The summed E-state index contributed by atoms with van der Waals surface area (Å²) in [6.07, 6.45) is 5.55. The molecule has 1 amide bonds. The Morgan fingerprint density at radius 1 is 0.968 bits per heavy atom. The van der Waals surface area contributed by atoms with Gasteiger partial charge in [0.1, 0.15) is 6.61 Å². The van der Waals surface area contributed by atoms with E-state index in [1.165, 1.54) is 6.07 Å². The van der Waals surface area contributed by atoms with Crippen molar-refractivity contribution in [2.75, 3.05) is 0 Å². The number of hydrogen-bond donors (Lipinski definition) is 1. The Hall–Kier alpha value is -4.06. The van der Waals surface area contributed by atoms with Gasteiger partial charge >= 0.3 is 0 Å². The van der Waals surface area contributed by atoms with Crippen molar-refractivity contribution in [2.45, 2.75) is 13.2 Å². The zero-order chi connectivity index (χ0) is 21.6. The Balaban J connectivity index is 1.38. The molecule has 6 heteroatoms. The minimum Gasteiger partial charge on any atom is -0.483 e. The fraction of sp³-hybridized carbons (Fsp3) is 0.120. The van der Waals surface area contributed by atoms with Crippen molar-refractivity contribution in [3.63, 3.8) is 0 Å². The highest BCUT2D eigenvalue weighted by Gasteiger charge is 2.10. The van der Waals surface area contributed by atoms with Crippen molar-refractivity contribution in [1.82, 2.24) is 14.5 Å². The molecule has 4 aromatic rings. The van der Waals surface area contributed by atoms with E-state index in [4.69, 9.17) is 4.74 Å². The molecular formula is C25H23N3O3. The Kier molecular flexibility index (Phi) is 5.98. The van der Waals surface area contributed by atoms with Crippen molar-refractivity contribution in [2.24, 2.45) is 7.05 Å². The van der Waals surface area contributed by atoms with E-state index in [9.17, 15) is 9.59 Å². The predicted molar refractivity (Wildman–Crippen MR) is 119 cm³/mol. The van der Waals surface area contributed by atoms with E-state index in [-0.39, 0.29) is 23.6 Å². The normalized spacial score (nSPS) is 10.6. The summed E-state index contributed by atoms with van der Waals surface area (Å²) in [6.45, 7) is 0.564. The van der Waals surface area contributed by atoms with Crippen molar-refractivity contribution in [1.29, 1.82) is 0 Å². The molecule has 156 valence electrons. The molecule has 0 aliphatic heterocycles. The number of carbonyl (C=O) groups excluding carboxylic acids is 1. The van der Waals surface area contributed by atoms with Crippen LogP contribution < -0.4 is 15.5 Å². The molecule has 0 spiro atoms. The van der Waals surface area contributed by atoms with Crippen molar-refractivity contribution >= 4 is 5.91 Å². The number of aryl methyl sites for hydroxylation is 1. The van der Waals surface area contributed by atoms with Crippen molar-refractivity contribution in [3.8, 4) is 11.4 Å². The smallest absolute Gasteiger partial charge is 0.251 e. The quantitative estimate of drug-likeness (QED) is 0.503. The van der Waals surface area contributed by atoms with Crippen LogP contribution in [0.3, 0.4) is 0 Å². The van der Waals surface area contributed by atoms with Gasteiger partial charge < -0.3 is 19.2 Å². The van der Waals surface area contributed by atoms with E-state index < -0.39 is 0 Å². The number of ether oxygens (including phenoxy) is 1. The number of nitrogens with one attached hydrogen (secondary N) is 1. The van der Waals surface area contributed by atoms with E-state index in [1.807, 2.05) is 78.6 Å². The molecule has 6 nitrogen and oxygen atoms in total. The molecule has 0 aliphatic rings. The molecule has 2 heterocycles. The zero-order valence-electron chi connectivity index (χ0n) is 17.2. The standard InChI is InChI=1S/C25H23N3O3/c1-27-17-24(31-18-19-7-3-2-4-8-19)23(29)15-22(27)16-26-25(30)20-9-11-21(12-10-20)28-13-5-6-14-28/h2-15,17H,16,18H2,1H3,(H,26,30). The van der Waals surface area contributed by atoms with Gasteiger partial charge in [0.05, 0.1) is 12.7 Å². The fourth-order valence-corrected chi connectivity index (χ4v) is 3.23. The molecule has 2 aromatic carbocycles. The van der Waals surface area contributed by atoms with E-state index in [0.717, 1.165) is 11.3 Å². The van der Waals surface area contributed by atoms with Crippen LogP contribution in [0.15, 0.2) is 96.2 Å². The molecule has 0 aliphatic carbocycles. The maximum absolute atomic E-state index is 12.5. The average molecular weight is 413 g/mol. The molecule has 4 rings (SSSR count). The molecule has 0 unspecified atom stereocenters. The van der Waals surface area contributed by atoms with Crippen LogP contribution >= 0.6 is 0 Å². The van der Waals surface area contributed by atoms with E-state index >= 15 is 0 Å². The summed E-state index contributed by atoms with van der Waals surface area (Å²) in [6, 6.07) is 22.4. The van der Waals surface area contributed by atoms with Crippen LogP contribution in [0.5, 0.6) is 5.75 Å². The molecule has 31 heavy (non-hydrogen) atoms.